The fourth-order valence-corrected chi connectivity index (χ4v) is 1.54. The van der Waals surface area contributed by atoms with Gasteiger partial charge in [-0.1, -0.05) is 20.3 Å². The van der Waals surface area contributed by atoms with Crippen LogP contribution in [0.5, 0.6) is 0 Å². The third-order valence-electron chi connectivity index (χ3n) is 2.94. The van der Waals surface area contributed by atoms with Gasteiger partial charge in [0, 0.05) is 11.6 Å². The Labute approximate surface area is 110 Å². The molecule has 18 heavy (non-hydrogen) atoms. The highest BCUT2D eigenvalue weighted by atomic mass is 35.5. The first-order valence-corrected chi connectivity index (χ1v) is 5.39. The second-order valence-corrected chi connectivity index (χ2v) is 4.15. The highest BCUT2D eigenvalue weighted by Gasteiger charge is 2.32. The van der Waals surface area contributed by atoms with E-state index in [-0.39, 0.29) is 23.9 Å². The minimum atomic E-state index is -4.47. The van der Waals surface area contributed by atoms with Gasteiger partial charge in [0.25, 0.3) is 0 Å². The highest BCUT2D eigenvalue weighted by Crippen LogP contribution is 2.33. The lowest BCUT2D eigenvalue weighted by Crippen LogP contribution is -2.20. The molecule has 2 atom stereocenters. The SMILES string of the molecule is CCC(C)[C@@H](N)c1cc(C(F)(F)F)ccc1F.Cl. The summed E-state index contributed by atoms with van der Waals surface area (Å²) in [5, 5.41) is 0. The van der Waals surface area contributed by atoms with Crippen LogP contribution in [0.3, 0.4) is 0 Å². The fraction of sp³-hybridized carbons (Fsp3) is 0.500. The van der Waals surface area contributed by atoms with Crippen LogP contribution in [0.4, 0.5) is 17.6 Å². The Bertz CT molecular complexity index is 392. The number of halogens is 5. The highest BCUT2D eigenvalue weighted by molar-refractivity contribution is 5.85. The molecule has 0 bridgehead atoms. The van der Waals surface area contributed by atoms with Crippen molar-refractivity contribution in [1.82, 2.24) is 0 Å². The van der Waals surface area contributed by atoms with Gasteiger partial charge in [-0.25, -0.2) is 4.39 Å². The van der Waals surface area contributed by atoms with Gasteiger partial charge in [0.2, 0.25) is 0 Å². The maximum atomic E-state index is 13.5. The molecule has 6 heteroatoms. The van der Waals surface area contributed by atoms with E-state index in [9.17, 15) is 17.6 Å². The van der Waals surface area contributed by atoms with E-state index in [2.05, 4.69) is 0 Å². The summed E-state index contributed by atoms with van der Waals surface area (Å²) in [6.07, 6.45) is -3.80. The van der Waals surface area contributed by atoms with Gasteiger partial charge in [-0.3, -0.25) is 0 Å². The van der Waals surface area contributed by atoms with Crippen LogP contribution in [-0.4, -0.2) is 0 Å². The van der Waals surface area contributed by atoms with Crippen LogP contribution in [0.2, 0.25) is 0 Å². The fourth-order valence-electron chi connectivity index (χ4n) is 1.54. The van der Waals surface area contributed by atoms with Crippen molar-refractivity contribution in [3.63, 3.8) is 0 Å². The van der Waals surface area contributed by atoms with Crippen LogP contribution in [0, 0.1) is 11.7 Å². The number of hydrogen-bond donors (Lipinski definition) is 1. The molecule has 104 valence electrons. The Morgan fingerprint density at radius 3 is 2.28 bits per heavy atom. The summed E-state index contributed by atoms with van der Waals surface area (Å²) in [6.45, 7) is 3.64. The van der Waals surface area contributed by atoms with Crippen molar-refractivity contribution >= 4 is 12.4 Å². The molecular weight excluding hydrogens is 270 g/mol. The normalized spacial score (nSPS) is 14.8. The summed E-state index contributed by atoms with van der Waals surface area (Å²) in [7, 11) is 0. The standard InChI is InChI=1S/C12H15F4N.ClH/c1-3-7(2)11(17)9-6-8(12(14,15)16)4-5-10(9)13;/h4-7,11H,3,17H2,1-2H3;1H/t7?,11-;/m1./s1. The molecule has 0 saturated heterocycles. The van der Waals surface area contributed by atoms with Crippen molar-refractivity contribution in [2.45, 2.75) is 32.5 Å². The molecule has 1 aromatic carbocycles. The molecule has 0 amide bonds. The first kappa shape index (κ1) is 17.2. The van der Waals surface area contributed by atoms with E-state index >= 15 is 0 Å². The van der Waals surface area contributed by atoms with E-state index < -0.39 is 23.6 Å². The maximum absolute atomic E-state index is 13.5. The maximum Gasteiger partial charge on any atom is 0.416 e. The number of benzene rings is 1. The summed E-state index contributed by atoms with van der Waals surface area (Å²) < 4.78 is 50.9. The van der Waals surface area contributed by atoms with E-state index in [0.29, 0.717) is 6.42 Å². The number of nitrogens with two attached hydrogens (primary N) is 1. The second kappa shape index (κ2) is 6.38. The zero-order valence-electron chi connectivity index (χ0n) is 10.1. The molecule has 0 aromatic heterocycles. The van der Waals surface area contributed by atoms with E-state index in [1.54, 1.807) is 6.92 Å². The molecular formula is C12H16ClF4N. The Kier molecular flexibility index (Phi) is 6.10. The lowest BCUT2D eigenvalue weighted by atomic mass is 9.92. The average molecular weight is 286 g/mol. The topological polar surface area (TPSA) is 26.0 Å². The molecule has 0 saturated carbocycles. The van der Waals surface area contributed by atoms with Crippen LogP contribution in [0.15, 0.2) is 18.2 Å². The number of hydrogen-bond acceptors (Lipinski definition) is 1. The number of alkyl halides is 3. The minimum Gasteiger partial charge on any atom is -0.324 e. The van der Waals surface area contributed by atoms with Gasteiger partial charge in [0.05, 0.1) is 5.56 Å². The molecule has 0 aliphatic heterocycles. The Morgan fingerprint density at radius 1 is 1.28 bits per heavy atom. The molecule has 0 aliphatic rings. The number of rotatable bonds is 3. The van der Waals surface area contributed by atoms with Crippen LogP contribution < -0.4 is 5.73 Å². The van der Waals surface area contributed by atoms with Gasteiger partial charge in [-0.2, -0.15) is 13.2 Å². The van der Waals surface area contributed by atoms with Gasteiger partial charge in [0.15, 0.2) is 0 Å². The first-order chi connectivity index (χ1) is 7.77. The smallest absolute Gasteiger partial charge is 0.324 e. The molecule has 1 nitrogen and oxygen atoms in total. The van der Waals surface area contributed by atoms with Crippen molar-refractivity contribution in [2.24, 2.45) is 11.7 Å². The van der Waals surface area contributed by atoms with Crippen molar-refractivity contribution in [2.75, 3.05) is 0 Å². The quantitative estimate of drug-likeness (QED) is 0.823. The van der Waals surface area contributed by atoms with Gasteiger partial charge >= 0.3 is 6.18 Å². The molecule has 1 unspecified atom stereocenters. The Balaban J connectivity index is 0.00000289. The third-order valence-corrected chi connectivity index (χ3v) is 2.94. The predicted molar refractivity (Wildman–Crippen MR) is 65.0 cm³/mol. The molecule has 0 radical (unpaired) electrons. The molecule has 1 aromatic rings. The predicted octanol–water partition coefficient (Wildman–Crippen LogP) is 4.31. The van der Waals surface area contributed by atoms with Crippen molar-refractivity contribution in [3.8, 4) is 0 Å². The van der Waals surface area contributed by atoms with Crippen LogP contribution in [0.25, 0.3) is 0 Å². The summed E-state index contributed by atoms with van der Waals surface area (Å²) in [4.78, 5) is 0. The largest absolute Gasteiger partial charge is 0.416 e. The molecule has 2 N–H and O–H groups in total. The zero-order valence-corrected chi connectivity index (χ0v) is 10.9. The average Bonchev–Trinajstić information content (AvgIpc) is 2.26. The monoisotopic (exact) mass is 285 g/mol. The summed E-state index contributed by atoms with van der Waals surface area (Å²) in [6, 6.07) is 1.62. The van der Waals surface area contributed by atoms with Gasteiger partial charge in [0.1, 0.15) is 5.82 Å². The summed E-state index contributed by atoms with van der Waals surface area (Å²) in [5.74, 6) is -0.765. The van der Waals surface area contributed by atoms with Crippen LogP contribution in [0.1, 0.15) is 37.4 Å². The zero-order chi connectivity index (χ0) is 13.2. The molecule has 0 fully saturated rings. The van der Waals surface area contributed by atoms with Crippen LogP contribution in [-0.2, 0) is 6.18 Å². The van der Waals surface area contributed by atoms with Crippen molar-refractivity contribution in [1.29, 1.82) is 0 Å². The molecule has 0 heterocycles. The first-order valence-electron chi connectivity index (χ1n) is 5.39. The lowest BCUT2D eigenvalue weighted by molar-refractivity contribution is -0.137. The van der Waals surface area contributed by atoms with Gasteiger partial charge in [-0.05, 0) is 24.1 Å². The van der Waals surface area contributed by atoms with Crippen molar-refractivity contribution < 1.29 is 17.6 Å². The summed E-state index contributed by atoms with van der Waals surface area (Å²) >= 11 is 0. The third kappa shape index (κ3) is 3.85. The van der Waals surface area contributed by atoms with E-state index in [1.807, 2.05) is 6.92 Å². The van der Waals surface area contributed by atoms with E-state index in [4.69, 9.17) is 5.73 Å². The Morgan fingerprint density at radius 2 is 1.83 bits per heavy atom. The molecule has 1 rings (SSSR count). The van der Waals surface area contributed by atoms with Crippen molar-refractivity contribution in [3.05, 3.63) is 35.1 Å². The second-order valence-electron chi connectivity index (χ2n) is 4.15. The molecule has 0 aliphatic carbocycles. The minimum absolute atomic E-state index is 0. The summed E-state index contributed by atoms with van der Waals surface area (Å²) in [5.41, 5.74) is 4.81. The lowest BCUT2D eigenvalue weighted by Gasteiger charge is -2.20. The van der Waals surface area contributed by atoms with Crippen LogP contribution >= 0.6 is 12.4 Å². The van der Waals surface area contributed by atoms with E-state index in [0.717, 1.165) is 18.2 Å². The van der Waals surface area contributed by atoms with Gasteiger partial charge in [-0.15, -0.1) is 12.4 Å². The van der Waals surface area contributed by atoms with Gasteiger partial charge < -0.3 is 5.73 Å². The van der Waals surface area contributed by atoms with E-state index in [1.165, 1.54) is 0 Å². The Hall–Kier alpha value is -0.810. The molecule has 0 spiro atoms.